The van der Waals surface area contributed by atoms with Crippen LogP contribution < -0.4 is 5.32 Å². The number of thiazole rings is 1. The predicted octanol–water partition coefficient (Wildman–Crippen LogP) is 1.92. The van der Waals surface area contributed by atoms with Gasteiger partial charge >= 0.3 is 6.03 Å². The van der Waals surface area contributed by atoms with Crippen LogP contribution in [0.1, 0.15) is 35.7 Å². The number of carbonyl (C=O) groups excluding carboxylic acids is 1. The third kappa shape index (κ3) is 3.45. The van der Waals surface area contributed by atoms with Gasteiger partial charge in [0.25, 0.3) is 0 Å². The van der Waals surface area contributed by atoms with Crippen LogP contribution >= 0.6 is 11.3 Å². The van der Waals surface area contributed by atoms with Crippen molar-refractivity contribution in [1.82, 2.24) is 15.2 Å². The zero-order valence-electron chi connectivity index (χ0n) is 11.6. The number of likely N-dealkylation sites (N-methyl/N-ethyl adjacent to an activating group) is 1. The van der Waals surface area contributed by atoms with Gasteiger partial charge in [0.2, 0.25) is 0 Å². The molecular formula is C13H21N3O2S. The molecule has 1 fully saturated rings. The van der Waals surface area contributed by atoms with Crippen LogP contribution in [0.3, 0.4) is 0 Å². The highest BCUT2D eigenvalue weighted by Crippen LogP contribution is 2.42. The van der Waals surface area contributed by atoms with Gasteiger partial charge in [-0.3, -0.25) is 0 Å². The van der Waals surface area contributed by atoms with Gasteiger partial charge in [-0.2, -0.15) is 0 Å². The first-order valence-electron chi connectivity index (χ1n) is 6.59. The third-order valence-electron chi connectivity index (χ3n) is 3.52. The lowest BCUT2D eigenvalue weighted by molar-refractivity contribution is 0.154. The normalized spacial score (nSPS) is 17.9. The van der Waals surface area contributed by atoms with E-state index in [-0.39, 0.29) is 24.7 Å². The Hall–Kier alpha value is -1.14. The maximum absolute atomic E-state index is 12.1. The van der Waals surface area contributed by atoms with Gasteiger partial charge in [0.15, 0.2) is 0 Å². The van der Waals surface area contributed by atoms with Crippen molar-refractivity contribution in [2.24, 2.45) is 5.92 Å². The van der Waals surface area contributed by atoms with E-state index in [4.69, 9.17) is 5.11 Å². The van der Waals surface area contributed by atoms with Crippen LogP contribution in [0.2, 0.25) is 0 Å². The van der Waals surface area contributed by atoms with E-state index in [2.05, 4.69) is 10.3 Å². The van der Waals surface area contributed by atoms with Crippen molar-refractivity contribution in [3.8, 4) is 0 Å². The molecule has 0 radical (unpaired) electrons. The summed E-state index contributed by atoms with van der Waals surface area (Å²) in [7, 11) is 1.70. The van der Waals surface area contributed by atoms with Crippen molar-refractivity contribution in [3.63, 3.8) is 0 Å². The summed E-state index contributed by atoms with van der Waals surface area (Å²) in [4.78, 5) is 19.2. The molecule has 2 atom stereocenters. The Morgan fingerprint density at radius 2 is 2.37 bits per heavy atom. The van der Waals surface area contributed by atoms with Gasteiger partial charge in [0, 0.05) is 18.1 Å². The number of aromatic nitrogens is 1. The molecule has 19 heavy (non-hydrogen) atoms. The largest absolute Gasteiger partial charge is 0.394 e. The second-order valence-corrected chi connectivity index (χ2v) is 6.48. The number of aliphatic hydroxyl groups excluding tert-OH is 1. The molecule has 2 unspecified atom stereocenters. The number of nitrogens with zero attached hydrogens (tertiary/aromatic N) is 2. The molecule has 1 saturated carbocycles. The maximum atomic E-state index is 12.1. The number of hydrogen-bond donors (Lipinski definition) is 2. The summed E-state index contributed by atoms with van der Waals surface area (Å²) in [5, 5.41) is 13.1. The Bertz CT molecular complexity index is 445. The third-order valence-corrected chi connectivity index (χ3v) is 4.52. The summed E-state index contributed by atoms with van der Waals surface area (Å²) < 4.78 is 0. The Morgan fingerprint density at radius 3 is 2.84 bits per heavy atom. The van der Waals surface area contributed by atoms with E-state index in [1.807, 2.05) is 20.0 Å². The topological polar surface area (TPSA) is 65.5 Å². The van der Waals surface area contributed by atoms with Crippen LogP contribution in [-0.2, 0) is 0 Å². The molecule has 1 aliphatic carbocycles. The molecule has 1 aromatic rings. The van der Waals surface area contributed by atoms with E-state index < -0.39 is 0 Å². The number of hydrogen-bond acceptors (Lipinski definition) is 4. The highest BCUT2D eigenvalue weighted by atomic mass is 32.1. The van der Waals surface area contributed by atoms with Crippen molar-refractivity contribution in [3.05, 3.63) is 16.1 Å². The van der Waals surface area contributed by atoms with Crippen LogP contribution in [0.25, 0.3) is 0 Å². The molecule has 2 N–H and O–H groups in total. The molecule has 0 aromatic carbocycles. The van der Waals surface area contributed by atoms with E-state index >= 15 is 0 Å². The van der Waals surface area contributed by atoms with Gasteiger partial charge in [-0.25, -0.2) is 9.78 Å². The van der Waals surface area contributed by atoms with Crippen LogP contribution in [-0.4, -0.2) is 40.7 Å². The molecule has 1 heterocycles. The second-order valence-electron chi connectivity index (χ2n) is 5.22. The van der Waals surface area contributed by atoms with Crippen molar-refractivity contribution >= 4 is 17.4 Å². The molecule has 106 valence electrons. The number of amides is 2. The minimum absolute atomic E-state index is 0.0135. The van der Waals surface area contributed by atoms with Gasteiger partial charge in [-0.1, -0.05) is 0 Å². The smallest absolute Gasteiger partial charge is 0.318 e. The molecular weight excluding hydrogens is 262 g/mol. The van der Waals surface area contributed by atoms with Gasteiger partial charge in [-0.15, -0.1) is 11.3 Å². The summed E-state index contributed by atoms with van der Waals surface area (Å²) >= 11 is 1.64. The van der Waals surface area contributed by atoms with E-state index in [0.717, 1.165) is 22.7 Å². The fourth-order valence-electron chi connectivity index (χ4n) is 1.88. The number of rotatable bonds is 5. The fraction of sp³-hybridized carbons (Fsp3) is 0.692. The van der Waals surface area contributed by atoms with E-state index in [9.17, 15) is 4.79 Å². The zero-order chi connectivity index (χ0) is 14.0. The highest BCUT2D eigenvalue weighted by Gasteiger charge is 2.36. The fourth-order valence-corrected chi connectivity index (χ4v) is 2.80. The Labute approximate surface area is 117 Å². The second kappa shape index (κ2) is 5.88. The van der Waals surface area contributed by atoms with Crippen LogP contribution in [0.15, 0.2) is 6.20 Å². The van der Waals surface area contributed by atoms with E-state index in [1.54, 1.807) is 18.4 Å². The minimum atomic E-state index is -0.183. The molecule has 0 aliphatic heterocycles. The quantitative estimate of drug-likeness (QED) is 0.867. The van der Waals surface area contributed by atoms with Gasteiger partial charge < -0.3 is 15.3 Å². The number of carbonyl (C=O) groups is 1. The molecule has 1 aliphatic rings. The Morgan fingerprint density at radius 1 is 1.68 bits per heavy atom. The first-order valence-corrected chi connectivity index (χ1v) is 7.41. The van der Waals surface area contributed by atoms with Crippen molar-refractivity contribution in [2.75, 3.05) is 13.7 Å². The van der Waals surface area contributed by atoms with Crippen LogP contribution in [0, 0.1) is 12.8 Å². The van der Waals surface area contributed by atoms with Crippen molar-refractivity contribution < 1.29 is 9.90 Å². The standard InChI is InChI=1S/C13H21N3O2S/c1-8(7-17)16(3)13(18)15-11(10-4-5-10)12-14-6-9(2)19-12/h6,8,10-11,17H,4-5,7H2,1-3H3,(H,15,18). The summed E-state index contributed by atoms with van der Waals surface area (Å²) in [6.45, 7) is 3.81. The van der Waals surface area contributed by atoms with Crippen LogP contribution in [0.5, 0.6) is 0 Å². The predicted molar refractivity (Wildman–Crippen MR) is 75.2 cm³/mol. The number of nitrogens with one attached hydrogen (secondary N) is 1. The molecule has 1 aromatic heterocycles. The summed E-state index contributed by atoms with van der Waals surface area (Å²) in [6, 6.07) is -0.316. The lowest BCUT2D eigenvalue weighted by atomic mass is 10.2. The molecule has 2 rings (SSSR count). The van der Waals surface area contributed by atoms with Crippen molar-refractivity contribution in [1.29, 1.82) is 0 Å². The molecule has 0 spiro atoms. The average molecular weight is 283 g/mol. The summed E-state index contributed by atoms with van der Waals surface area (Å²) in [5.74, 6) is 0.507. The monoisotopic (exact) mass is 283 g/mol. The average Bonchev–Trinajstić information content (AvgIpc) is 3.15. The SMILES string of the molecule is Cc1cnc(C(NC(=O)N(C)C(C)CO)C2CC2)s1. The minimum Gasteiger partial charge on any atom is -0.394 e. The molecule has 0 bridgehead atoms. The maximum Gasteiger partial charge on any atom is 0.318 e. The summed E-state index contributed by atoms with van der Waals surface area (Å²) in [6.07, 6.45) is 4.13. The first-order chi connectivity index (χ1) is 9.02. The number of aliphatic hydroxyl groups is 1. The lowest BCUT2D eigenvalue weighted by Gasteiger charge is -2.26. The van der Waals surface area contributed by atoms with E-state index in [0.29, 0.717) is 5.92 Å². The molecule has 5 nitrogen and oxygen atoms in total. The molecule has 0 saturated heterocycles. The first kappa shape index (κ1) is 14.3. The van der Waals surface area contributed by atoms with Crippen LogP contribution in [0.4, 0.5) is 4.79 Å². The van der Waals surface area contributed by atoms with Gasteiger partial charge in [0.05, 0.1) is 18.7 Å². The Balaban J connectivity index is 2.03. The molecule has 2 amide bonds. The Kier molecular flexibility index (Phi) is 4.42. The van der Waals surface area contributed by atoms with E-state index in [1.165, 1.54) is 4.90 Å². The summed E-state index contributed by atoms with van der Waals surface area (Å²) in [5.41, 5.74) is 0. The number of aryl methyl sites for hydroxylation is 1. The number of urea groups is 1. The van der Waals surface area contributed by atoms with Crippen molar-refractivity contribution in [2.45, 2.75) is 38.8 Å². The zero-order valence-corrected chi connectivity index (χ0v) is 12.4. The lowest BCUT2D eigenvalue weighted by Crippen LogP contribution is -2.45. The molecule has 6 heteroatoms. The highest BCUT2D eigenvalue weighted by molar-refractivity contribution is 7.11. The van der Waals surface area contributed by atoms with Gasteiger partial charge in [-0.05, 0) is 32.6 Å². The van der Waals surface area contributed by atoms with Gasteiger partial charge in [0.1, 0.15) is 5.01 Å².